The third-order valence-corrected chi connectivity index (χ3v) is 3.76. The van der Waals surface area contributed by atoms with Crippen molar-refractivity contribution in [1.82, 2.24) is 14.7 Å². The SMILES string of the molecule is CCCCN(CCC)C(=O)C(=O)N1CCN(C(C)=O)CC1. The molecule has 1 rings (SSSR count). The summed E-state index contributed by atoms with van der Waals surface area (Å²) in [6.07, 6.45) is 2.76. The molecule has 1 aliphatic rings. The maximum atomic E-state index is 12.3. The minimum atomic E-state index is -0.428. The highest BCUT2D eigenvalue weighted by Gasteiger charge is 2.29. The molecular weight excluding hydrogens is 270 g/mol. The summed E-state index contributed by atoms with van der Waals surface area (Å²) in [7, 11) is 0. The second-order valence-corrected chi connectivity index (χ2v) is 5.44. The molecule has 6 heteroatoms. The lowest BCUT2D eigenvalue weighted by atomic mass is 10.2. The first-order valence-corrected chi connectivity index (χ1v) is 7.84. The molecule has 120 valence electrons. The van der Waals surface area contributed by atoms with Gasteiger partial charge in [0, 0.05) is 46.2 Å². The first kappa shape index (κ1) is 17.5. The Bertz CT molecular complexity index is 376. The molecule has 1 saturated heterocycles. The van der Waals surface area contributed by atoms with Gasteiger partial charge in [-0.1, -0.05) is 20.3 Å². The average molecular weight is 297 g/mol. The summed E-state index contributed by atoms with van der Waals surface area (Å²) in [5.41, 5.74) is 0. The Morgan fingerprint density at radius 3 is 1.95 bits per heavy atom. The van der Waals surface area contributed by atoms with Crippen LogP contribution in [0.4, 0.5) is 0 Å². The lowest BCUT2D eigenvalue weighted by Crippen LogP contribution is -2.54. The van der Waals surface area contributed by atoms with Gasteiger partial charge >= 0.3 is 11.8 Å². The molecule has 0 radical (unpaired) electrons. The molecule has 1 aliphatic heterocycles. The maximum absolute atomic E-state index is 12.3. The van der Waals surface area contributed by atoms with Gasteiger partial charge in [0.05, 0.1) is 0 Å². The highest BCUT2D eigenvalue weighted by Crippen LogP contribution is 2.06. The van der Waals surface area contributed by atoms with Crippen molar-refractivity contribution in [2.45, 2.75) is 40.0 Å². The molecule has 0 spiro atoms. The predicted octanol–water partition coefficient (Wildman–Crippen LogP) is 0.716. The topological polar surface area (TPSA) is 60.9 Å². The van der Waals surface area contributed by atoms with E-state index in [4.69, 9.17) is 0 Å². The van der Waals surface area contributed by atoms with Crippen LogP contribution >= 0.6 is 0 Å². The Labute approximate surface area is 127 Å². The molecule has 0 aromatic carbocycles. The summed E-state index contributed by atoms with van der Waals surface area (Å²) >= 11 is 0. The first-order chi connectivity index (χ1) is 10.0. The first-order valence-electron chi connectivity index (χ1n) is 7.84. The fraction of sp³-hybridized carbons (Fsp3) is 0.800. The highest BCUT2D eigenvalue weighted by atomic mass is 16.2. The van der Waals surface area contributed by atoms with E-state index in [1.165, 1.54) is 6.92 Å². The van der Waals surface area contributed by atoms with Gasteiger partial charge in [-0.05, 0) is 12.8 Å². The van der Waals surface area contributed by atoms with Gasteiger partial charge in [-0.15, -0.1) is 0 Å². The molecular formula is C15H27N3O3. The number of amides is 3. The van der Waals surface area contributed by atoms with Crippen molar-refractivity contribution in [2.24, 2.45) is 0 Å². The number of carbonyl (C=O) groups excluding carboxylic acids is 3. The Morgan fingerprint density at radius 2 is 1.48 bits per heavy atom. The molecule has 0 saturated carbocycles. The molecule has 1 heterocycles. The van der Waals surface area contributed by atoms with Crippen LogP contribution in [0.25, 0.3) is 0 Å². The van der Waals surface area contributed by atoms with Crippen LogP contribution in [0.2, 0.25) is 0 Å². The second kappa shape index (κ2) is 8.64. The van der Waals surface area contributed by atoms with Crippen LogP contribution in [0.15, 0.2) is 0 Å². The fourth-order valence-electron chi connectivity index (χ4n) is 2.43. The lowest BCUT2D eigenvalue weighted by Gasteiger charge is -2.34. The maximum Gasteiger partial charge on any atom is 0.312 e. The van der Waals surface area contributed by atoms with Crippen molar-refractivity contribution in [3.63, 3.8) is 0 Å². The highest BCUT2D eigenvalue weighted by molar-refractivity contribution is 6.34. The minimum Gasteiger partial charge on any atom is -0.339 e. The number of rotatable bonds is 5. The number of piperazine rings is 1. The van der Waals surface area contributed by atoms with Gasteiger partial charge in [0.1, 0.15) is 0 Å². The van der Waals surface area contributed by atoms with E-state index < -0.39 is 11.8 Å². The standard InChI is InChI=1S/C15H27N3O3/c1-4-6-8-17(7-5-2)14(20)15(21)18-11-9-16(10-12-18)13(3)19/h4-12H2,1-3H3. The van der Waals surface area contributed by atoms with Gasteiger partial charge < -0.3 is 14.7 Å². The van der Waals surface area contributed by atoms with Crippen LogP contribution in [0, 0.1) is 0 Å². The van der Waals surface area contributed by atoms with Crippen molar-refractivity contribution in [3.8, 4) is 0 Å². The molecule has 0 aromatic heterocycles. The van der Waals surface area contributed by atoms with E-state index in [-0.39, 0.29) is 5.91 Å². The number of nitrogens with zero attached hydrogens (tertiary/aromatic N) is 3. The summed E-state index contributed by atoms with van der Waals surface area (Å²) in [5, 5.41) is 0. The Morgan fingerprint density at radius 1 is 0.905 bits per heavy atom. The smallest absolute Gasteiger partial charge is 0.312 e. The Hall–Kier alpha value is -1.59. The van der Waals surface area contributed by atoms with Crippen molar-refractivity contribution in [3.05, 3.63) is 0 Å². The summed E-state index contributed by atoms with van der Waals surface area (Å²) in [6, 6.07) is 0. The summed E-state index contributed by atoms with van der Waals surface area (Å²) < 4.78 is 0. The molecule has 0 aliphatic carbocycles. The molecule has 0 N–H and O–H groups in total. The van der Waals surface area contributed by atoms with E-state index in [9.17, 15) is 14.4 Å². The number of unbranched alkanes of at least 4 members (excludes halogenated alkanes) is 1. The van der Waals surface area contributed by atoms with Gasteiger partial charge in [-0.25, -0.2) is 0 Å². The van der Waals surface area contributed by atoms with Crippen molar-refractivity contribution < 1.29 is 14.4 Å². The quantitative estimate of drug-likeness (QED) is 0.702. The van der Waals surface area contributed by atoms with Gasteiger partial charge in [-0.2, -0.15) is 0 Å². The second-order valence-electron chi connectivity index (χ2n) is 5.44. The van der Waals surface area contributed by atoms with Gasteiger partial charge in [0.15, 0.2) is 0 Å². The minimum absolute atomic E-state index is 0.0176. The van der Waals surface area contributed by atoms with Gasteiger partial charge in [0.25, 0.3) is 0 Å². The van der Waals surface area contributed by atoms with E-state index in [0.29, 0.717) is 39.3 Å². The third-order valence-electron chi connectivity index (χ3n) is 3.76. The third kappa shape index (κ3) is 5.02. The van der Waals surface area contributed by atoms with E-state index >= 15 is 0 Å². The van der Waals surface area contributed by atoms with Gasteiger partial charge in [0.2, 0.25) is 5.91 Å². The molecule has 21 heavy (non-hydrogen) atoms. The summed E-state index contributed by atoms with van der Waals surface area (Å²) in [6.45, 7) is 8.76. The Balaban J connectivity index is 2.56. The zero-order valence-corrected chi connectivity index (χ0v) is 13.4. The zero-order valence-electron chi connectivity index (χ0n) is 13.4. The molecule has 0 bridgehead atoms. The predicted molar refractivity (Wildman–Crippen MR) is 80.6 cm³/mol. The molecule has 0 aromatic rings. The average Bonchev–Trinajstić information content (AvgIpc) is 2.50. The molecule has 1 fully saturated rings. The largest absolute Gasteiger partial charge is 0.339 e. The molecule has 6 nitrogen and oxygen atoms in total. The summed E-state index contributed by atoms with van der Waals surface area (Å²) in [4.78, 5) is 40.8. The van der Waals surface area contributed by atoms with Crippen LogP contribution in [0.5, 0.6) is 0 Å². The number of hydrogen-bond acceptors (Lipinski definition) is 3. The Kier molecular flexibility index (Phi) is 7.19. The monoisotopic (exact) mass is 297 g/mol. The van der Waals surface area contributed by atoms with E-state index in [2.05, 4.69) is 6.92 Å². The van der Waals surface area contributed by atoms with E-state index in [0.717, 1.165) is 19.3 Å². The summed E-state index contributed by atoms with van der Waals surface area (Å²) in [5.74, 6) is -0.812. The van der Waals surface area contributed by atoms with Crippen molar-refractivity contribution >= 4 is 17.7 Å². The van der Waals surface area contributed by atoms with E-state index in [1.807, 2.05) is 6.92 Å². The molecule has 3 amide bonds. The van der Waals surface area contributed by atoms with Crippen LogP contribution in [-0.2, 0) is 14.4 Å². The molecule has 0 atom stereocenters. The normalized spacial score (nSPS) is 15.0. The van der Waals surface area contributed by atoms with Gasteiger partial charge in [-0.3, -0.25) is 14.4 Å². The van der Waals surface area contributed by atoms with Crippen LogP contribution < -0.4 is 0 Å². The van der Waals surface area contributed by atoms with Crippen molar-refractivity contribution in [1.29, 1.82) is 0 Å². The molecule has 0 unspecified atom stereocenters. The number of hydrogen-bond donors (Lipinski definition) is 0. The zero-order chi connectivity index (χ0) is 15.8. The van der Waals surface area contributed by atoms with Crippen molar-refractivity contribution in [2.75, 3.05) is 39.3 Å². The fourth-order valence-corrected chi connectivity index (χ4v) is 2.43. The van der Waals surface area contributed by atoms with E-state index in [1.54, 1.807) is 14.7 Å². The van der Waals surface area contributed by atoms with Crippen LogP contribution in [-0.4, -0.2) is 71.7 Å². The van der Waals surface area contributed by atoms with Crippen LogP contribution in [0.3, 0.4) is 0 Å². The van der Waals surface area contributed by atoms with Crippen LogP contribution in [0.1, 0.15) is 40.0 Å². The number of carbonyl (C=O) groups is 3. The lowest BCUT2D eigenvalue weighted by molar-refractivity contribution is -0.153.